The third kappa shape index (κ3) is 4.23. The number of rotatable bonds is 6. The zero-order valence-electron chi connectivity index (χ0n) is 11.4. The Balaban J connectivity index is 2.77. The van der Waals surface area contributed by atoms with Crippen molar-refractivity contribution in [1.82, 2.24) is 15.1 Å². The molecule has 0 aliphatic rings. The lowest BCUT2D eigenvalue weighted by atomic mass is 10.2. The highest BCUT2D eigenvalue weighted by Gasteiger charge is 2.20. The highest BCUT2D eigenvalue weighted by molar-refractivity contribution is 7.90. The number of carbonyl (C=O) groups is 1. The van der Waals surface area contributed by atoms with Gasteiger partial charge in [0.2, 0.25) is 0 Å². The van der Waals surface area contributed by atoms with Crippen LogP contribution in [0.25, 0.3) is 0 Å². The second-order valence-electron chi connectivity index (χ2n) is 4.57. The molecule has 0 aliphatic carbocycles. The summed E-state index contributed by atoms with van der Waals surface area (Å²) in [5.41, 5.74) is 7.09. The summed E-state index contributed by atoms with van der Waals surface area (Å²) >= 11 is 0. The van der Waals surface area contributed by atoms with E-state index in [0.29, 0.717) is 5.69 Å². The molecule has 7 nitrogen and oxygen atoms in total. The number of nitrogens with zero attached hydrogens (tertiary/aromatic N) is 2. The molecule has 8 heteroatoms. The summed E-state index contributed by atoms with van der Waals surface area (Å²) in [5.74, 6) is -0.457. The smallest absolute Gasteiger partial charge is 0.276 e. The fourth-order valence-electron chi connectivity index (χ4n) is 1.58. The Kier molecular flexibility index (Phi) is 4.93. The molecule has 0 radical (unpaired) electrons. The highest BCUT2D eigenvalue weighted by atomic mass is 32.2. The first-order chi connectivity index (χ1) is 8.76. The van der Waals surface area contributed by atoms with Crippen LogP contribution in [-0.2, 0) is 16.3 Å². The minimum Gasteiger partial charge on any atom is -0.395 e. The second kappa shape index (κ2) is 6.05. The topological polar surface area (TPSA) is 109 Å². The van der Waals surface area contributed by atoms with Gasteiger partial charge in [-0.05, 0) is 6.42 Å². The number of anilines is 1. The quantitative estimate of drug-likeness (QED) is 0.769. The number of amides is 1. The van der Waals surface area contributed by atoms with Gasteiger partial charge in [-0.15, -0.1) is 0 Å². The van der Waals surface area contributed by atoms with Crippen LogP contribution >= 0.6 is 0 Å². The van der Waals surface area contributed by atoms with Crippen LogP contribution < -0.4 is 5.73 Å². The molecule has 19 heavy (non-hydrogen) atoms. The van der Waals surface area contributed by atoms with Gasteiger partial charge in [-0.1, -0.05) is 13.3 Å². The zero-order valence-corrected chi connectivity index (χ0v) is 12.2. The van der Waals surface area contributed by atoms with E-state index >= 15 is 0 Å². The molecule has 0 aliphatic heterocycles. The molecular weight excluding hydrogens is 268 g/mol. The first-order valence-electron chi connectivity index (χ1n) is 6.02. The standard InChI is InChI=1S/C11H20N4O3S/c1-4-5-8-9(12)10(14-13-8)11(16)15(2)6-7-19(3,17)18/h4-7,12H2,1-3H3,(H,13,14). The third-order valence-corrected chi connectivity index (χ3v) is 3.65. The average Bonchev–Trinajstić information content (AvgIpc) is 2.67. The summed E-state index contributed by atoms with van der Waals surface area (Å²) in [4.78, 5) is 13.4. The Labute approximate surface area is 113 Å². The molecule has 0 saturated heterocycles. The van der Waals surface area contributed by atoms with E-state index in [0.717, 1.165) is 24.8 Å². The van der Waals surface area contributed by atoms with Gasteiger partial charge >= 0.3 is 0 Å². The fraction of sp³-hybridized carbons (Fsp3) is 0.636. The number of hydrogen-bond acceptors (Lipinski definition) is 5. The largest absolute Gasteiger partial charge is 0.395 e. The monoisotopic (exact) mass is 288 g/mol. The fourth-order valence-corrected chi connectivity index (χ4v) is 2.18. The Morgan fingerprint density at radius 1 is 1.47 bits per heavy atom. The number of nitrogen functional groups attached to an aromatic ring is 1. The van der Waals surface area contributed by atoms with E-state index in [2.05, 4.69) is 10.2 Å². The van der Waals surface area contributed by atoms with Gasteiger partial charge in [-0.3, -0.25) is 9.89 Å². The van der Waals surface area contributed by atoms with Crippen molar-refractivity contribution in [2.45, 2.75) is 19.8 Å². The van der Waals surface area contributed by atoms with E-state index in [-0.39, 0.29) is 23.9 Å². The van der Waals surface area contributed by atoms with Gasteiger partial charge in [-0.25, -0.2) is 8.42 Å². The van der Waals surface area contributed by atoms with Crippen molar-refractivity contribution in [3.05, 3.63) is 11.4 Å². The summed E-state index contributed by atoms with van der Waals surface area (Å²) in [7, 11) is -1.57. The molecule has 0 aromatic carbocycles. The molecule has 3 N–H and O–H groups in total. The molecule has 1 aromatic heterocycles. The van der Waals surface area contributed by atoms with Gasteiger partial charge in [0.25, 0.3) is 5.91 Å². The summed E-state index contributed by atoms with van der Waals surface area (Å²) in [6.07, 6.45) is 2.75. The Hall–Kier alpha value is -1.57. The molecule has 108 valence electrons. The van der Waals surface area contributed by atoms with Crippen molar-refractivity contribution >= 4 is 21.4 Å². The first-order valence-corrected chi connectivity index (χ1v) is 8.08. The molecular formula is C11H20N4O3S. The van der Waals surface area contributed by atoms with Gasteiger partial charge in [0, 0.05) is 19.8 Å². The normalized spacial score (nSPS) is 11.5. The van der Waals surface area contributed by atoms with Crippen molar-refractivity contribution in [3.63, 3.8) is 0 Å². The van der Waals surface area contributed by atoms with Crippen molar-refractivity contribution in [2.75, 3.05) is 31.3 Å². The summed E-state index contributed by atoms with van der Waals surface area (Å²) in [6, 6.07) is 0. The van der Waals surface area contributed by atoms with Gasteiger partial charge < -0.3 is 10.6 Å². The van der Waals surface area contributed by atoms with Gasteiger partial charge in [0.1, 0.15) is 9.84 Å². The number of nitrogens with one attached hydrogen (secondary N) is 1. The van der Waals surface area contributed by atoms with E-state index in [1.54, 1.807) is 0 Å². The molecule has 1 aromatic rings. The lowest BCUT2D eigenvalue weighted by Gasteiger charge is -2.15. The van der Waals surface area contributed by atoms with Gasteiger partial charge in [-0.2, -0.15) is 5.10 Å². The second-order valence-corrected chi connectivity index (χ2v) is 6.83. The van der Waals surface area contributed by atoms with Crippen LogP contribution in [-0.4, -0.2) is 55.0 Å². The van der Waals surface area contributed by atoms with E-state index in [4.69, 9.17) is 5.73 Å². The van der Waals surface area contributed by atoms with Crippen LogP contribution in [0.15, 0.2) is 0 Å². The average molecular weight is 288 g/mol. The van der Waals surface area contributed by atoms with E-state index < -0.39 is 9.84 Å². The van der Waals surface area contributed by atoms with Crippen LogP contribution in [0.1, 0.15) is 29.5 Å². The van der Waals surface area contributed by atoms with Crippen LogP contribution in [0.3, 0.4) is 0 Å². The van der Waals surface area contributed by atoms with Crippen molar-refractivity contribution in [3.8, 4) is 0 Å². The summed E-state index contributed by atoms with van der Waals surface area (Å²) in [6.45, 7) is 2.12. The van der Waals surface area contributed by atoms with E-state index in [9.17, 15) is 13.2 Å². The number of aromatic amines is 1. The third-order valence-electron chi connectivity index (χ3n) is 2.73. The number of nitrogens with two attached hydrogens (primary N) is 1. The van der Waals surface area contributed by atoms with Crippen molar-refractivity contribution in [2.24, 2.45) is 0 Å². The Morgan fingerprint density at radius 2 is 2.11 bits per heavy atom. The lowest BCUT2D eigenvalue weighted by molar-refractivity contribution is 0.0798. The number of hydrogen-bond donors (Lipinski definition) is 2. The molecule has 0 fully saturated rings. The van der Waals surface area contributed by atoms with Crippen LogP contribution in [0.4, 0.5) is 5.69 Å². The zero-order chi connectivity index (χ0) is 14.6. The minimum absolute atomic E-state index is 0.0820. The Bertz CT molecular complexity index is 550. The molecule has 1 heterocycles. The molecule has 0 bridgehead atoms. The molecule has 0 unspecified atom stereocenters. The van der Waals surface area contributed by atoms with E-state index in [1.807, 2.05) is 6.92 Å². The van der Waals surface area contributed by atoms with Crippen LogP contribution in [0.2, 0.25) is 0 Å². The first kappa shape index (κ1) is 15.5. The molecule has 0 saturated carbocycles. The number of H-pyrrole nitrogens is 1. The van der Waals surface area contributed by atoms with Crippen LogP contribution in [0, 0.1) is 0 Å². The maximum atomic E-state index is 12.1. The molecule has 0 spiro atoms. The van der Waals surface area contributed by atoms with Crippen LogP contribution in [0.5, 0.6) is 0 Å². The number of aromatic nitrogens is 2. The minimum atomic E-state index is -3.10. The highest BCUT2D eigenvalue weighted by Crippen LogP contribution is 2.16. The predicted octanol–water partition coefficient (Wildman–Crippen LogP) is 0.0610. The number of aryl methyl sites for hydroxylation is 1. The maximum Gasteiger partial charge on any atom is 0.276 e. The van der Waals surface area contributed by atoms with Gasteiger partial charge in [0.05, 0.1) is 17.1 Å². The summed E-state index contributed by atoms with van der Waals surface area (Å²) in [5, 5.41) is 6.65. The van der Waals surface area contributed by atoms with Crippen molar-refractivity contribution < 1.29 is 13.2 Å². The Morgan fingerprint density at radius 3 is 2.63 bits per heavy atom. The van der Waals surface area contributed by atoms with Crippen molar-refractivity contribution in [1.29, 1.82) is 0 Å². The number of carbonyl (C=O) groups excluding carboxylic acids is 1. The van der Waals surface area contributed by atoms with Gasteiger partial charge in [0.15, 0.2) is 5.69 Å². The molecule has 1 amide bonds. The van der Waals surface area contributed by atoms with E-state index in [1.165, 1.54) is 11.9 Å². The summed E-state index contributed by atoms with van der Waals surface area (Å²) < 4.78 is 22.1. The maximum absolute atomic E-state index is 12.1. The molecule has 1 rings (SSSR count). The molecule has 0 atom stereocenters. The lowest BCUT2D eigenvalue weighted by Crippen LogP contribution is -2.32. The number of sulfone groups is 1. The predicted molar refractivity (Wildman–Crippen MR) is 73.7 cm³/mol. The SMILES string of the molecule is CCCc1[nH]nc(C(=O)N(C)CCS(C)(=O)=O)c1N.